The molecule has 3 rings (SSSR count). The van der Waals surface area contributed by atoms with Crippen molar-refractivity contribution in [3.8, 4) is 0 Å². The molecule has 0 aliphatic rings. The number of benzene rings is 3. The van der Waals surface area contributed by atoms with E-state index in [0.29, 0.717) is 11.3 Å². The van der Waals surface area contributed by atoms with Crippen LogP contribution < -0.4 is 16.0 Å². The van der Waals surface area contributed by atoms with E-state index in [-0.39, 0.29) is 23.0 Å². The van der Waals surface area contributed by atoms with Crippen LogP contribution in [0.25, 0.3) is 0 Å². The van der Waals surface area contributed by atoms with Gasteiger partial charge in [-0.15, -0.1) is 0 Å². The number of nitrogens with one attached hydrogen (secondary N) is 3. The maximum absolute atomic E-state index is 15.1. The van der Waals surface area contributed by atoms with Gasteiger partial charge in [-0.25, -0.2) is 8.78 Å². The van der Waals surface area contributed by atoms with Crippen LogP contribution >= 0.6 is 27.5 Å². The van der Waals surface area contributed by atoms with Crippen molar-refractivity contribution in [2.24, 2.45) is 5.41 Å². The zero-order valence-electron chi connectivity index (χ0n) is 19.6. The van der Waals surface area contributed by atoms with Crippen molar-refractivity contribution in [1.29, 1.82) is 0 Å². The van der Waals surface area contributed by atoms with Crippen molar-refractivity contribution < 1.29 is 23.2 Å². The lowest BCUT2D eigenvalue weighted by Crippen LogP contribution is -2.34. The van der Waals surface area contributed by atoms with E-state index in [1.165, 1.54) is 12.1 Å². The summed E-state index contributed by atoms with van der Waals surface area (Å²) in [6.45, 7) is 5.47. The van der Waals surface area contributed by atoms with Crippen LogP contribution in [0, 0.1) is 17.0 Å². The lowest BCUT2D eigenvalue weighted by molar-refractivity contribution is -0.128. The van der Waals surface area contributed by atoms with E-state index in [2.05, 4.69) is 31.9 Å². The quantitative estimate of drug-likeness (QED) is 0.310. The molecular weight excluding hydrogens is 556 g/mol. The second-order valence-corrected chi connectivity index (χ2v) is 10.3. The number of amides is 3. The Bertz CT molecular complexity index is 1330. The SMILES string of the molecule is CC(C)(C)C(=O)NCc1ccc(Cl)c(C(=O)Nc2ccc(F)c(C(=O)Nc3ccc(Br)cc3)c2F)c1. The third kappa shape index (κ3) is 6.67. The molecule has 188 valence electrons. The van der Waals surface area contributed by atoms with E-state index in [4.69, 9.17) is 11.6 Å². The monoisotopic (exact) mass is 577 g/mol. The van der Waals surface area contributed by atoms with Gasteiger partial charge >= 0.3 is 0 Å². The van der Waals surface area contributed by atoms with Gasteiger partial charge in [0.15, 0.2) is 5.82 Å². The summed E-state index contributed by atoms with van der Waals surface area (Å²) >= 11 is 9.43. The first kappa shape index (κ1) is 27.3. The Morgan fingerprint density at radius 3 is 2.22 bits per heavy atom. The summed E-state index contributed by atoms with van der Waals surface area (Å²) in [4.78, 5) is 37.6. The van der Waals surface area contributed by atoms with Crippen LogP contribution in [-0.2, 0) is 11.3 Å². The summed E-state index contributed by atoms with van der Waals surface area (Å²) in [5, 5.41) is 7.62. The fraction of sp³-hybridized carbons (Fsp3) is 0.192. The Labute approximate surface area is 220 Å². The number of carbonyl (C=O) groups excluding carboxylic acids is 3. The highest BCUT2D eigenvalue weighted by atomic mass is 79.9. The molecule has 3 aromatic rings. The smallest absolute Gasteiger partial charge is 0.261 e. The van der Waals surface area contributed by atoms with Crippen molar-refractivity contribution in [3.63, 3.8) is 0 Å². The highest BCUT2D eigenvalue weighted by molar-refractivity contribution is 9.10. The van der Waals surface area contributed by atoms with Gasteiger partial charge < -0.3 is 16.0 Å². The summed E-state index contributed by atoms with van der Waals surface area (Å²) in [7, 11) is 0. The van der Waals surface area contributed by atoms with Crippen molar-refractivity contribution in [1.82, 2.24) is 5.32 Å². The third-order valence-electron chi connectivity index (χ3n) is 5.08. The average molecular weight is 579 g/mol. The van der Waals surface area contributed by atoms with Crippen molar-refractivity contribution >= 4 is 56.6 Å². The molecule has 0 atom stereocenters. The lowest BCUT2D eigenvalue weighted by atomic mass is 9.95. The van der Waals surface area contributed by atoms with Gasteiger partial charge in [0.1, 0.15) is 11.4 Å². The summed E-state index contributed by atoms with van der Waals surface area (Å²) in [6, 6.07) is 12.9. The van der Waals surface area contributed by atoms with Gasteiger partial charge in [-0.3, -0.25) is 14.4 Å². The normalized spacial score (nSPS) is 11.1. The predicted octanol–water partition coefficient (Wildman–Crippen LogP) is 6.55. The highest BCUT2D eigenvalue weighted by Gasteiger charge is 2.23. The van der Waals surface area contributed by atoms with Gasteiger partial charge in [-0.05, 0) is 54.1 Å². The molecular formula is C26H23BrClF2N3O3. The first-order valence-corrected chi connectivity index (χ1v) is 12.0. The fourth-order valence-electron chi connectivity index (χ4n) is 3.08. The molecule has 10 heteroatoms. The van der Waals surface area contributed by atoms with Crippen LogP contribution in [0.3, 0.4) is 0 Å². The van der Waals surface area contributed by atoms with Gasteiger partial charge in [-0.2, -0.15) is 0 Å². The summed E-state index contributed by atoms with van der Waals surface area (Å²) in [6.07, 6.45) is 0. The van der Waals surface area contributed by atoms with Gasteiger partial charge in [0.2, 0.25) is 5.91 Å². The molecule has 0 bridgehead atoms. The molecule has 0 aliphatic heterocycles. The average Bonchev–Trinajstić information content (AvgIpc) is 2.81. The maximum Gasteiger partial charge on any atom is 0.261 e. The van der Waals surface area contributed by atoms with Crippen molar-refractivity contribution in [2.45, 2.75) is 27.3 Å². The lowest BCUT2D eigenvalue weighted by Gasteiger charge is -2.18. The van der Waals surface area contributed by atoms with Crippen molar-refractivity contribution in [2.75, 3.05) is 10.6 Å². The predicted molar refractivity (Wildman–Crippen MR) is 139 cm³/mol. The Morgan fingerprint density at radius 1 is 0.917 bits per heavy atom. The zero-order chi connectivity index (χ0) is 26.6. The molecule has 0 saturated carbocycles. The number of anilines is 2. The minimum atomic E-state index is -1.23. The third-order valence-corrected chi connectivity index (χ3v) is 5.94. The molecule has 3 N–H and O–H groups in total. The fourth-order valence-corrected chi connectivity index (χ4v) is 3.55. The van der Waals surface area contributed by atoms with Crippen LogP contribution in [0.4, 0.5) is 20.2 Å². The number of rotatable bonds is 6. The molecule has 0 spiro atoms. The molecule has 0 radical (unpaired) electrons. The van der Waals surface area contributed by atoms with Crippen LogP contribution in [0.1, 0.15) is 47.1 Å². The molecule has 0 heterocycles. The number of hydrogen-bond acceptors (Lipinski definition) is 3. The topological polar surface area (TPSA) is 87.3 Å². The second-order valence-electron chi connectivity index (χ2n) is 8.95. The Hall–Kier alpha value is -3.30. The molecule has 0 aliphatic carbocycles. The molecule has 3 amide bonds. The molecule has 0 unspecified atom stereocenters. The van der Waals surface area contributed by atoms with Crippen LogP contribution in [0.5, 0.6) is 0 Å². The standard InChI is InChI=1S/C26H23BrClF2N3O3/c1-26(2,3)25(36)31-13-14-4-9-18(28)17(12-14)23(34)33-20-11-10-19(29)21(22(20)30)24(35)32-16-7-5-15(27)6-8-16/h4-12H,13H2,1-3H3,(H,31,36)(H,32,35)(H,33,34). The van der Waals surface area contributed by atoms with E-state index < -0.39 is 40.1 Å². The summed E-state index contributed by atoms with van der Waals surface area (Å²) < 4.78 is 30.3. The Kier molecular flexibility index (Phi) is 8.47. The first-order valence-electron chi connectivity index (χ1n) is 10.8. The van der Waals surface area contributed by atoms with E-state index in [9.17, 15) is 18.8 Å². The molecule has 3 aromatic carbocycles. The van der Waals surface area contributed by atoms with Crippen LogP contribution in [0.15, 0.2) is 59.1 Å². The molecule has 0 saturated heterocycles. The highest BCUT2D eigenvalue weighted by Crippen LogP contribution is 2.25. The molecule has 36 heavy (non-hydrogen) atoms. The van der Waals surface area contributed by atoms with Crippen molar-refractivity contribution in [3.05, 3.63) is 92.4 Å². The Morgan fingerprint density at radius 2 is 1.58 bits per heavy atom. The van der Waals surface area contributed by atoms with E-state index in [1.54, 1.807) is 51.1 Å². The van der Waals surface area contributed by atoms with Gasteiger partial charge in [0, 0.05) is 22.1 Å². The number of hydrogen-bond donors (Lipinski definition) is 3. The van der Waals surface area contributed by atoms with E-state index in [1.807, 2.05) is 0 Å². The van der Waals surface area contributed by atoms with Crippen LogP contribution in [0.2, 0.25) is 5.02 Å². The minimum Gasteiger partial charge on any atom is -0.352 e. The minimum absolute atomic E-state index is 0.0174. The molecule has 0 aromatic heterocycles. The zero-order valence-corrected chi connectivity index (χ0v) is 22.0. The summed E-state index contributed by atoms with van der Waals surface area (Å²) in [5.41, 5.74) is -0.891. The largest absolute Gasteiger partial charge is 0.352 e. The second kappa shape index (κ2) is 11.2. The number of carbonyl (C=O) groups is 3. The van der Waals surface area contributed by atoms with E-state index in [0.717, 1.165) is 16.6 Å². The molecule has 0 fully saturated rings. The van der Waals surface area contributed by atoms with Crippen LogP contribution in [-0.4, -0.2) is 17.7 Å². The van der Waals surface area contributed by atoms with E-state index >= 15 is 4.39 Å². The maximum atomic E-state index is 15.1. The van der Waals surface area contributed by atoms with Gasteiger partial charge in [-0.1, -0.05) is 54.4 Å². The van der Waals surface area contributed by atoms with Gasteiger partial charge in [0.05, 0.1) is 16.3 Å². The number of halogens is 4. The summed E-state index contributed by atoms with van der Waals surface area (Å²) in [5.74, 6) is -4.28. The van der Waals surface area contributed by atoms with Gasteiger partial charge in [0.25, 0.3) is 11.8 Å². The first-order chi connectivity index (χ1) is 16.9. The molecule has 6 nitrogen and oxygen atoms in total. The Balaban J connectivity index is 1.80.